The summed E-state index contributed by atoms with van der Waals surface area (Å²) in [5, 5.41) is 0. The number of carbonyl (C=O) groups excluding carboxylic acids is 1. The Balaban J connectivity index is 3.31. The molecule has 2 heteroatoms. The van der Waals surface area contributed by atoms with Gasteiger partial charge >= 0.3 is 0 Å². The van der Waals surface area contributed by atoms with Gasteiger partial charge in [0.15, 0.2) is 0 Å². The number of rotatable bonds is 7. The van der Waals surface area contributed by atoms with E-state index in [1.807, 2.05) is 18.2 Å². The zero-order valence-electron chi connectivity index (χ0n) is 13.2. The molecular formula is C18H26O2. The van der Waals surface area contributed by atoms with Crippen molar-refractivity contribution in [1.82, 2.24) is 0 Å². The molecule has 0 heterocycles. The quantitative estimate of drug-likeness (QED) is 0.409. The average Bonchev–Trinajstić information content (AvgIpc) is 2.39. The SMILES string of the molecule is C=CCc1cc(C=O)cc(C(C)(C)C)c1OCCCC. The Bertz CT molecular complexity index is 467. The molecule has 20 heavy (non-hydrogen) atoms. The Morgan fingerprint density at radius 3 is 2.50 bits per heavy atom. The molecule has 1 aromatic rings. The summed E-state index contributed by atoms with van der Waals surface area (Å²) < 4.78 is 6.02. The minimum Gasteiger partial charge on any atom is -0.493 e. The maximum atomic E-state index is 11.1. The zero-order chi connectivity index (χ0) is 15.2. The highest BCUT2D eigenvalue weighted by Gasteiger charge is 2.22. The van der Waals surface area contributed by atoms with Crippen LogP contribution in [0.2, 0.25) is 0 Å². The van der Waals surface area contributed by atoms with Gasteiger partial charge in [-0.15, -0.1) is 6.58 Å². The van der Waals surface area contributed by atoms with Crippen molar-refractivity contribution in [2.75, 3.05) is 6.61 Å². The number of benzene rings is 1. The van der Waals surface area contributed by atoms with Crippen LogP contribution in [0.1, 0.15) is 62.0 Å². The molecule has 1 rings (SSSR count). The Morgan fingerprint density at radius 1 is 1.30 bits per heavy atom. The molecule has 1 aromatic carbocycles. The maximum absolute atomic E-state index is 11.1. The summed E-state index contributed by atoms with van der Waals surface area (Å²) in [5.41, 5.74) is 2.78. The van der Waals surface area contributed by atoms with Crippen molar-refractivity contribution in [3.8, 4) is 5.75 Å². The number of unbranched alkanes of at least 4 members (excludes halogenated alkanes) is 1. The van der Waals surface area contributed by atoms with Gasteiger partial charge in [-0.1, -0.05) is 40.2 Å². The highest BCUT2D eigenvalue weighted by atomic mass is 16.5. The molecule has 0 unspecified atom stereocenters. The largest absolute Gasteiger partial charge is 0.493 e. The molecule has 0 aliphatic carbocycles. The van der Waals surface area contributed by atoms with Gasteiger partial charge in [0.1, 0.15) is 12.0 Å². The van der Waals surface area contributed by atoms with Gasteiger partial charge < -0.3 is 4.74 Å². The topological polar surface area (TPSA) is 26.3 Å². The van der Waals surface area contributed by atoms with Gasteiger partial charge in [-0.25, -0.2) is 0 Å². The van der Waals surface area contributed by atoms with E-state index in [-0.39, 0.29) is 5.41 Å². The molecule has 0 saturated carbocycles. The Morgan fingerprint density at radius 2 is 2.00 bits per heavy atom. The molecule has 0 radical (unpaired) electrons. The van der Waals surface area contributed by atoms with E-state index in [4.69, 9.17) is 4.74 Å². The lowest BCUT2D eigenvalue weighted by atomic mass is 9.83. The first kappa shape index (κ1) is 16.5. The highest BCUT2D eigenvalue weighted by molar-refractivity contribution is 5.77. The Kier molecular flexibility index (Phi) is 6.00. The van der Waals surface area contributed by atoms with Crippen molar-refractivity contribution in [3.05, 3.63) is 41.5 Å². The van der Waals surface area contributed by atoms with Crippen LogP contribution in [0.3, 0.4) is 0 Å². The van der Waals surface area contributed by atoms with Gasteiger partial charge in [0.2, 0.25) is 0 Å². The summed E-state index contributed by atoms with van der Waals surface area (Å²) >= 11 is 0. The number of ether oxygens (including phenoxy) is 1. The fourth-order valence-corrected chi connectivity index (χ4v) is 2.13. The summed E-state index contributed by atoms with van der Waals surface area (Å²) in [4.78, 5) is 11.1. The number of carbonyl (C=O) groups is 1. The highest BCUT2D eigenvalue weighted by Crippen LogP contribution is 2.35. The number of hydrogen-bond acceptors (Lipinski definition) is 2. The Labute approximate surface area is 122 Å². The van der Waals surface area contributed by atoms with Crippen molar-refractivity contribution < 1.29 is 9.53 Å². The third-order valence-corrected chi connectivity index (χ3v) is 3.24. The van der Waals surface area contributed by atoms with Crippen LogP contribution in [0.5, 0.6) is 5.75 Å². The molecule has 0 spiro atoms. The molecule has 0 N–H and O–H groups in total. The molecule has 110 valence electrons. The summed E-state index contributed by atoms with van der Waals surface area (Å²) in [5.74, 6) is 0.927. The molecule has 2 nitrogen and oxygen atoms in total. The first-order valence-electron chi connectivity index (χ1n) is 7.30. The predicted molar refractivity (Wildman–Crippen MR) is 84.8 cm³/mol. The molecule has 0 bridgehead atoms. The van der Waals surface area contributed by atoms with Crippen molar-refractivity contribution in [3.63, 3.8) is 0 Å². The summed E-state index contributed by atoms with van der Waals surface area (Å²) in [6.45, 7) is 13.1. The molecule has 0 aromatic heterocycles. The van der Waals surface area contributed by atoms with Crippen molar-refractivity contribution in [2.24, 2.45) is 0 Å². The van der Waals surface area contributed by atoms with Crippen LogP contribution in [0.15, 0.2) is 24.8 Å². The normalized spacial score (nSPS) is 11.2. The van der Waals surface area contributed by atoms with E-state index in [0.29, 0.717) is 18.6 Å². The molecule has 0 fully saturated rings. The van der Waals surface area contributed by atoms with Crippen molar-refractivity contribution in [1.29, 1.82) is 0 Å². The summed E-state index contributed by atoms with van der Waals surface area (Å²) in [6, 6.07) is 3.85. The van der Waals surface area contributed by atoms with E-state index < -0.39 is 0 Å². The lowest BCUT2D eigenvalue weighted by Crippen LogP contribution is -2.16. The van der Waals surface area contributed by atoms with Crippen LogP contribution >= 0.6 is 0 Å². The van der Waals surface area contributed by atoms with Gasteiger partial charge in [0.25, 0.3) is 0 Å². The fourth-order valence-electron chi connectivity index (χ4n) is 2.13. The molecule has 0 aliphatic rings. The van der Waals surface area contributed by atoms with E-state index in [2.05, 4.69) is 34.3 Å². The number of aldehydes is 1. The second kappa shape index (κ2) is 7.28. The Hall–Kier alpha value is -1.57. The standard InChI is InChI=1S/C18H26O2/c1-6-8-10-20-17-15(9-7-2)11-14(13-19)12-16(17)18(3,4)5/h7,11-13H,2,6,8-10H2,1,3-5H3. The van der Waals surface area contributed by atoms with Gasteiger partial charge in [-0.2, -0.15) is 0 Å². The predicted octanol–water partition coefficient (Wildman–Crippen LogP) is 4.70. The van der Waals surface area contributed by atoms with Gasteiger partial charge in [0, 0.05) is 11.1 Å². The van der Waals surface area contributed by atoms with Crippen LogP contribution in [-0.2, 0) is 11.8 Å². The molecule has 0 saturated heterocycles. The minimum atomic E-state index is -0.0590. The summed E-state index contributed by atoms with van der Waals surface area (Å²) in [6.07, 6.45) is 5.60. The van der Waals surface area contributed by atoms with Crippen LogP contribution in [0.4, 0.5) is 0 Å². The van der Waals surface area contributed by atoms with E-state index in [1.54, 1.807) is 0 Å². The minimum absolute atomic E-state index is 0.0590. The molecule has 0 atom stereocenters. The van der Waals surface area contributed by atoms with E-state index in [9.17, 15) is 4.79 Å². The smallest absolute Gasteiger partial charge is 0.150 e. The van der Waals surface area contributed by atoms with E-state index >= 15 is 0 Å². The monoisotopic (exact) mass is 274 g/mol. The lowest BCUT2D eigenvalue weighted by molar-refractivity contribution is 0.112. The van der Waals surface area contributed by atoms with Gasteiger partial charge in [0.05, 0.1) is 6.61 Å². The lowest BCUT2D eigenvalue weighted by Gasteiger charge is -2.25. The second-order valence-electron chi connectivity index (χ2n) is 6.12. The van der Waals surface area contributed by atoms with Crippen LogP contribution < -0.4 is 4.74 Å². The average molecular weight is 274 g/mol. The third-order valence-electron chi connectivity index (χ3n) is 3.24. The van der Waals surface area contributed by atoms with E-state index in [0.717, 1.165) is 36.0 Å². The zero-order valence-corrected chi connectivity index (χ0v) is 13.2. The number of allylic oxidation sites excluding steroid dienone is 1. The van der Waals surface area contributed by atoms with E-state index in [1.165, 1.54) is 0 Å². The number of hydrogen-bond donors (Lipinski definition) is 0. The molecule has 0 amide bonds. The van der Waals surface area contributed by atoms with Gasteiger partial charge in [-0.3, -0.25) is 4.79 Å². The fraction of sp³-hybridized carbons (Fsp3) is 0.500. The van der Waals surface area contributed by atoms with Crippen LogP contribution in [0, 0.1) is 0 Å². The van der Waals surface area contributed by atoms with Crippen molar-refractivity contribution in [2.45, 2.75) is 52.4 Å². The van der Waals surface area contributed by atoms with Crippen molar-refractivity contribution >= 4 is 6.29 Å². The molecule has 0 aliphatic heterocycles. The molecular weight excluding hydrogens is 248 g/mol. The third kappa shape index (κ3) is 4.22. The van der Waals surface area contributed by atoms with Crippen LogP contribution in [-0.4, -0.2) is 12.9 Å². The van der Waals surface area contributed by atoms with Crippen LogP contribution in [0.25, 0.3) is 0 Å². The maximum Gasteiger partial charge on any atom is 0.150 e. The summed E-state index contributed by atoms with van der Waals surface area (Å²) in [7, 11) is 0. The first-order valence-corrected chi connectivity index (χ1v) is 7.30. The first-order chi connectivity index (χ1) is 9.43. The second-order valence-corrected chi connectivity index (χ2v) is 6.12. The van der Waals surface area contributed by atoms with Gasteiger partial charge in [-0.05, 0) is 36.0 Å².